The van der Waals surface area contributed by atoms with E-state index in [2.05, 4.69) is 5.16 Å². The van der Waals surface area contributed by atoms with Crippen molar-refractivity contribution in [2.45, 2.75) is 42.0 Å². The first-order valence-electron chi connectivity index (χ1n) is 16.9. The Morgan fingerprint density at radius 2 is 1.70 bits per heavy atom. The highest BCUT2D eigenvalue weighted by Gasteiger charge is 2.65. The van der Waals surface area contributed by atoms with Gasteiger partial charge in [0, 0.05) is 47.6 Å². The smallest absolute Gasteiger partial charge is 0.428 e. The Morgan fingerprint density at radius 3 is 2.34 bits per heavy atom. The topological polar surface area (TPSA) is 122 Å². The molecule has 1 fully saturated rings. The number of aromatic nitrogens is 2. The van der Waals surface area contributed by atoms with Gasteiger partial charge in [-0.25, -0.2) is 12.7 Å². The van der Waals surface area contributed by atoms with Crippen LogP contribution >= 0.6 is 23.8 Å². The second-order valence-corrected chi connectivity index (χ2v) is 15.5. The van der Waals surface area contributed by atoms with Crippen LogP contribution in [-0.2, 0) is 21.3 Å². The second-order valence-electron chi connectivity index (χ2n) is 12.9. The fourth-order valence-electron chi connectivity index (χ4n) is 6.58. The predicted molar refractivity (Wildman–Crippen MR) is 205 cm³/mol. The van der Waals surface area contributed by atoms with E-state index < -0.39 is 51.4 Å². The second kappa shape index (κ2) is 15.2. The minimum atomic E-state index is -4.78. The van der Waals surface area contributed by atoms with Crippen LogP contribution in [0, 0.1) is 0 Å². The third-order valence-electron chi connectivity index (χ3n) is 9.49. The molecule has 0 N–H and O–H groups in total. The van der Waals surface area contributed by atoms with Crippen molar-refractivity contribution in [1.29, 1.82) is 0 Å². The van der Waals surface area contributed by atoms with Crippen molar-refractivity contribution < 1.29 is 45.1 Å². The summed E-state index contributed by atoms with van der Waals surface area (Å²) in [6.45, 7) is -0.0796. The van der Waals surface area contributed by atoms with Gasteiger partial charge < -0.3 is 23.5 Å². The van der Waals surface area contributed by atoms with Crippen LogP contribution in [0.25, 0.3) is 16.6 Å². The Balaban J connectivity index is 1.19. The van der Waals surface area contributed by atoms with E-state index in [4.69, 9.17) is 47.3 Å². The highest BCUT2D eigenvalue weighted by Crippen LogP contribution is 2.57. The van der Waals surface area contributed by atoms with Gasteiger partial charge in [-0.3, -0.25) is 9.36 Å². The van der Waals surface area contributed by atoms with Crippen molar-refractivity contribution in [2.75, 3.05) is 18.5 Å². The first-order chi connectivity index (χ1) is 26.7. The van der Waals surface area contributed by atoms with Crippen LogP contribution in [0.3, 0.4) is 0 Å². The monoisotopic (exact) mass is 825 g/mol. The standard InChI is InChI=1S/C39H31ClF3N3O8S2/c1-50-27-11-8-24(9-12-27)23-45(35-16-17-52-44-35)56(48,49)29-13-14-32-25(18-29)10-15-36(47)46(32)33-20-31(40)30(19-34(33)51-2)26-21-38(22-26,39(41,42)43)54-37(55)53-28-6-4-3-5-7-28/h3-20,26H,21-23H2,1-2H3. The third-order valence-corrected chi connectivity index (χ3v) is 11.7. The highest BCUT2D eigenvalue weighted by molar-refractivity contribution is 7.92. The number of anilines is 1. The molecule has 0 bridgehead atoms. The van der Waals surface area contributed by atoms with E-state index in [0.717, 1.165) is 4.31 Å². The molecule has 0 atom stereocenters. The summed E-state index contributed by atoms with van der Waals surface area (Å²) < 4.78 is 100. The SMILES string of the molecule is COc1ccc(CN(c2ccon2)S(=O)(=O)c2ccc3c(ccc(=O)n3-c3cc(Cl)c(C4CC(OC(=S)Oc5ccccc5)(C(F)(F)F)C4)cc3OC)c2)cc1. The van der Waals surface area contributed by atoms with E-state index >= 15 is 0 Å². The van der Waals surface area contributed by atoms with Crippen LogP contribution in [0.2, 0.25) is 5.02 Å². The molecule has 0 amide bonds. The summed E-state index contributed by atoms with van der Waals surface area (Å²) >= 11 is 11.8. The number of hydrogen-bond donors (Lipinski definition) is 0. The summed E-state index contributed by atoms with van der Waals surface area (Å²) in [4.78, 5) is 13.4. The number of ether oxygens (including phenoxy) is 4. The Hall–Kier alpha value is -5.58. The number of pyridine rings is 1. The summed E-state index contributed by atoms with van der Waals surface area (Å²) in [5, 5.41) is 3.66. The maximum Gasteiger partial charge on any atom is 0.428 e. The van der Waals surface area contributed by atoms with E-state index in [1.54, 1.807) is 42.5 Å². The molecule has 56 heavy (non-hydrogen) atoms. The van der Waals surface area contributed by atoms with E-state index in [9.17, 15) is 26.4 Å². The first kappa shape index (κ1) is 38.7. The minimum absolute atomic E-state index is 0.0547. The van der Waals surface area contributed by atoms with Gasteiger partial charge in [0.15, 0.2) is 5.82 Å². The van der Waals surface area contributed by atoms with Crippen molar-refractivity contribution >= 4 is 55.8 Å². The van der Waals surface area contributed by atoms with E-state index in [-0.39, 0.29) is 39.5 Å². The highest BCUT2D eigenvalue weighted by atomic mass is 35.5. The maximum absolute atomic E-state index is 14.4. The Kier molecular flexibility index (Phi) is 10.5. The number of methoxy groups -OCH3 is 2. The van der Waals surface area contributed by atoms with Gasteiger partial charge in [0.2, 0.25) is 5.60 Å². The zero-order chi connectivity index (χ0) is 39.8. The molecular weight excluding hydrogens is 795 g/mol. The van der Waals surface area contributed by atoms with Gasteiger partial charge in [-0.05, 0) is 77.7 Å². The van der Waals surface area contributed by atoms with Crippen molar-refractivity contribution in [3.63, 3.8) is 0 Å². The molecule has 6 aromatic rings. The number of benzene rings is 4. The van der Waals surface area contributed by atoms with Gasteiger partial charge in [-0.2, -0.15) is 13.2 Å². The number of rotatable bonds is 11. The van der Waals surface area contributed by atoms with Crippen LogP contribution in [0.5, 0.6) is 17.2 Å². The van der Waals surface area contributed by atoms with Gasteiger partial charge in [0.1, 0.15) is 23.5 Å². The number of fused-ring (bicyclic) bond motifs is 1. The van der Waals surface area contributed by atoms with Crippen LogP contribution < -0.4 is 24.1 Å². The quantitative estimate of drug-likeness (QED) is 0.117. The third kappa shape index (κ3) is 7.39. The lowest BCUT2D eigenvalue weighted by Crippen LogP contribution is -2.57. The maximum atomic E-state index is 14.4. The molecule has 1 saturated carbocycles. The van der Waals surface area contributed by atoms with Crippen LogP contribution in [-0.4, -0.2) is 49.4 Å². The summed E-state index contributed by atoms with van der Waals surface area (Å²) in [6.07, 6.45) is -4.54. The summed E-state index contributed by atoms with van der Waals surface area (Å²) in [7, 11) is -1.38. The molecule has 0 spiro atoms. The van der Waals surface area contributed by atoms with Crippen molar-refractivity contribution in [3.05, 3.63) is 136 Å². The van der Waals surface area contributed by atoms with Gasteiger partial charge in [-0.1, -0.05) is 47.1 Å². The lowest BCUT2D eigenvalue weighted by Gasteiger charge is -2.47. The lowest BCUT2D eigenvalue weighted by molar-refractivity contribution is -0.286. The van der Waals surface area contributed by atoms with E-state index in [0.29, 0.717) is 27.8 Å². The molecule has 0 saturated heterocycles. The fraction of sp³-hybridized carbons (Fsp3) is 0.205. The van der Waals surface area contributed by atoms with Crippen molar-refractivity contribution in [2.24, 2.45) is 0 Å². The lowest BCUT2D eigenvalue weighted by atomic mass is 9.67. The fourth-order valence-corrected chi connectivity index (χ4v) is 8.58. The molecule has 11 nitrogen and oxygen atoms in total. The molecule has 17 heteroatoms. The summed E-state index contributed by atoms with van der Waals surface area (Å²) in [6, 6.07) is 26.3. The summed E-state index contributed by atoms with van der Waals surface area (Å²) in [5.41, 5.74) is -1.62. The van der Waals surface area contributed by atoms with Gasteiger partial charge in [-0.15, -0.1) is 0 Å². The van der Waals surface area contributed by atoms with Gasteiger partial charge in [0.05, 0.1) is 36.9 Å². The molecule has 290 valence electrons. The molecule has 1 aliphatic rings. The average Bonchev–Trinajstić information content (AvgIpc) is 3.70. The molecule has 4 aromatic carbocycles. The molecule has 2 aromatic heterocycles. The van der Waals surface area contributed by atoms with Gasteiger partial charge >= 0.3 is 11.4 Å². The summed E-state index contributed by atoms with van der Waals surface area (Å²) in [5.74, 6) is 0.313. The first-order valence-corrected chi connectivity index (χ1v) is 19.1. The molecule has 1 aliphatic carbocycles. The minimum Gasteiger partial charge on any atom is -0.497 e. The Bertz CT molecular complexity index is 2560. The Labute approximate surface area is 328 Å². The predicted octanol–water partition coefficient (Wildman–Crippen LogP) is 8.60. The van der Waals surface area contributed by atoms with Crippen LogP contribution in [0.15, 0.2) is 124 Å². The number of para-hydroxylation sites is 1. The number of hydrogen-bond acceptors (Lipinski definition) is 10. The molecule has 2 heterocycles. The number of thiocarbonyl (C=S) groups is 1. The molecule has 0 aliphatic heterocycles. The van der Waals surface area contributed by atoms with Crippen LogP contribution in [0.1, 0.15) is 29.9 Å². The molecule has 7 rings (SSSR count). The zero-order valence-electron chi connectivity index (χ0n) is 29.5. The normalized spacial score (nSPS) is 16.9. The largest absolute Gasteiger partial charge is 0.497 e. The average molecular weight is 826 g/mol. The zero-order valence-corrected chi connectivity index (χ0v) is 31.9. The van der Waals surface area contributed by atoms with Crippen molar-refractivity contribution in [3.8, 4) is 22.9 Å². The molecule has 0 radical (unpaired) electrons. The molecule has 0 unspecified atom stereocenters. The number of sulfonamides is 1. The molecular formula is C39H31ClF3N3O8S2. The van der Waals surface area contributed by atoms with Gasteiger partial charge in [0.25, 0.3) is 15.6 Å². The van der Waals surface area contributed by atoms with E-state index in [1.807, 2.05) is 0 Å². The number of alkyl halides is 3. The van der Waals surface area contributed by atoms with Crippen LogP contribution in [0.4, 0.5) is 19.0 Å². The Morgan fingerprint density at radius 1 is 0.964 bits per heavy atom. The number of nitrogens with zero attached hydrogens (tertiary/aromatic N) is 3. The van der Waals surface area contributed by atoms with Crippen molar-refractivity contribution in [1.82, 2.24) is 9.72 Å². The number of halogens is 4. The van der Waals surface area contributed by atoms with E-state index in [1.165, 1.54) is 85.7 Å².